The molecule has 2 aliphatic heterocycles. The monoisotopic (exact) mass is 459 g/mol. The fourth-order valence-corrected chi connectivity index (χ4v) is 5.80. The Hall–Kier alpha value is -2.33. The molecule has 4 rings (SSSR count). The number of sulfonamides is 1. The number of pyridine rings is 1. The summed E-state index contributed by atoms with van der Waals surface area (Å²) in [6.45, 7) is 1.64. The van der Waals surface area contributed by atoms with Gasteiger partial charge in [0.1, 0.15) is 6.61 Å². The van der Waals surface area contributed by atoms with Gasteiger partial charge in [-0.15, -0.1) is 0 Å². The summed E-state index contributed by atoms with van der Waals surface area (Å²) >= 11 is 0. The van der Waals surface area contributed by atoms with Crippen LogP contribution in [0.2, 0.25) is 0 Å². The number of piperidine rings is 2. The van der Waals surface area contributed by atoms with Gasteiger partial charge in [-0.25, -0.2) is 8.42 Å². The number of nitrogens with zero attached hydrogens (tertiary/aromatic N) is 3. The summed E-state index contributed by atoms with van der Waals surface area (Å²) in [4.78, 5) is 18.7. The van der Waals surface area contributed by atoms with E-state index < -0.39 is 15.6 Å². The highest BCUT2D eigenvalue weighted by molar-refractivity contribution is 7.89. The lowest BCUT2D eigenvalue weighted by molar-refractivity contribution is -0.143. The lowest BCUT2D eigenvalue weighted by Gasteiger charge is -2.38. The normalized spacial score (nSPS) is 20.2. The SMILES string of the molecule is O=C(COC1CCN(S(=O)(=O)c2ccccc2)CC1)N1CCC(O)(c2cccnc2)CC1. The van der Waals surface area contributed by atoms with Crippen molar-refractivity contribution in [2.45, 2.75) is 42.3 Å². The number of hydrogen-bond donors (Lipinski definition) is 1. The fraction of sp³-hybridized carbons (Fsp3) is 0.478. The van der Waals surface area contributed by atoms with Crippen LogP contribution >= 0.6 is 0 Å². The first-order valence-electron chi connectivity index (χ1n) is 11.0. The van der Waals surface area contributed by atoms with E-state index in [1.807, 2.05) is 6.07 Å². The van der Waals surface area contributed by atoms with E-state index in [2.05, 4.69) is 4.98 Å². The van der Waals surface area contributed by atoms with Crippen LogP contribution in [0.1, 0.15) is 31.2 Å². The Morgan fingerprint density at radius 1 is 1.06 bits per heavy atom. The van der Waals surface area contributed by atoms with Crippen LogP contribution in [0.3, 0.4) is 0 Å². The molecule has 0 radical (unpaired) electrons. The number of likely N-dealkylation sites (tertiary alicyclic amines) is 1. The van der Waals surface area contributed by atoms with Gasteiger partial charge >= 0.3 is 0 Å². The first kappa shape index (κ1) is 22.8. The molecule has 9 heteroatoms. The summed E-state index contributed by atoms with van der Waals surface area (Å²) in [6, 6.07) is 12.1. The maximum Gasteiger partial charge on any atom is 0.248 e. The zero-order valence-corrected chi connectivity index (χ0v) is 18.8. The third-order valence-electron chi connectivity index (χ3n) is 6.37. The summed E-state index contributed by atoms with van der Waals surface area (Å²) < 4.78 is 32.7. The maximum atomic E-state index is 12.7. The van der Waals surface area contributed by atoms with Crippen LogP contribution < -0.4 is 0 Å². The van der Waals surface area contributed by atoms with Gasteiger partial charge in [0.2, 0.25) is 15.9 Å². The van der Waals surface area contributed by atoms with Gasteiger partial charge in [-0.3, -0.25) is 9.78 Å². The quantitative estimate of drug-likeness (QED) is 0.707. The molecule has 0 bridgehead atoms. The summed E-state index contributed by atoms with van der Waals surface area (Å²) in [6.07, 6.45) is 5.23. The minimum absolute atomic E-state index is 0.0264. The first-order chi connectivity index (χ1) is 15.4. The number of ether oxygens (including phenoxy) is 1. The van der Waals surface area contributed by atoms with Crippen LogP contribution in [0, 0.1) is 0 Å². The molecular weight excluding hydrogens is 430 g/mol. The number of aliphatic hydroxyl groups is 1. The molecule has 2 aromatic rings. The Morgan fingerprint density at radius 3 is 2.38 bits per heavy atom. The van der Waals surface area contributed by atoms with Crippen molar-refractivity contribution in [1.29, 1.82) is 0 Å². The second-order valence-electron chi connectivity index (χ2n) is 8.38. The third-order valence-corrected chi connectivity index (χ3v) is 8.28. The largest absolute Gasteiger partial charge is 0.385 e. The van der Waals surface area contributed by atoms with Crippen molar-refractivity contribution in [3.05, 3.63) is 60.4 Å². The van der Waals surface area contributed by atoms with E-state index >= 15 is 0 Å². The minimum atomic E-state index is -3.49. The molecule has 2 saturated heterocycles. The number of carbonyl (C=O) groups is 1. The first-order valence-corrected chi connectivity index (χ1v) is 12.4. The van der Waals surface area contributed by atoms with Crippen molar-refractivity contribution in [2.24, 2.45) is 0 Å². The maximum absolute atomic E-state index is 12.7. The molecule has 1 aromatic heterocycles. The summed E-state index contributed by atoms with van der Waals surface area (Å²) in [5, 5.41) is 10.9. The Bertz CT molecular complexity index is 1000. The van der Waals surface area contributed by atoms with E-state index in [9.17, 15) is 18.3 Å². The average Bonchev–Trinajstić information content (AvgIpc) is 2.84. The van der Waals surface area contributed by atoms with E-state index in [1.165, 1.54) is 4.31 Å². The molecule has 3 heterocycles. The van der Waals surface area contributed by atoms with E-state index in [0.717, 1.165) is 5.56 Å². The Kier molecular flexibility index (Phi) is 6.90. The van der Waals surface area contributed by atoms with Gasteiger partial charge in [0.25, 0.3) is 0 Å². The molecular formula is C23H29N3O5S. The van der Waals surface area contributed by atoms with E-state index in [4.69, 9.17) is 4.74 Å². The van der Waals surface area contributed by atoms with Crippen LogP contribution in [-0.2, 0) is 25.2 Å². The summed E-state index contributed by atoms with van der Waals surface area (Å²) in [5.74, 6) is -0.0995. The lowest BCUT2D eigenvalue weighted by atomic mass is 9.85. The van der Waals surface area contributed by atoms with Crippen molar-refractivity contribution >= 4 is 15.9 Å². The van der Waals surface area contributed by atoms with Gasteiger partial charge in [-0.1, -0.05) is 24.3 Å². The second kappa shape index (κ2) is 9.66. The Balaban J connectivity index is 1.22. The van der Waals surface area contributed by atoms with Crippen LogP contribution in [0.15, 0.2) is 59.8 Å². The number of benzene rings is 1. The molecule has 172 valence electrons. The standard InChI is InChI=1S/C23H29N3O5S/c27-22(25-15-10-23(28,11-16-25)19-5-4-12-24-17-19)18-31-20-8-13-26(14-9-20)32(29,30)21-6-2-1-3-7-21/h1-7,12,17,20,28H,8-11,13-16,18H2. The van der Waals surface area contributed by atoms with Crippen LogP contribution in [0.4, 0.5) is 0 Å². The topological polar surface area (TPSA) is 100 Å². The van der Waals surface area contributed by atoms with Crippen molar-refractivity contribution in [2.75, 3.05) is 32.8 Å². The molecule has 0 spiro atoms. The predicted molar refractivity (Wildman–Crippen MR) is 118 cm³/mol. The van der Waals surface area contributed by atoms with Crippen LogP contribution in [0.25, 0.3) is 0 Å². The third kappa shape index (κ3) is 5.01. The van der Waals surface area contributed by atoms with Gasteiger partial charge in [-0.05, 0) is 43.9 Å². The molecule has 0 atom stereocenters. The van der Waals surface area contributed by atoms with Gasteiger partial charge in [-0.2, -0.15) is 4.31 Å². The molecule has 0 unspecified atom stereocenters. The number of aromatic nitrogens is 1. The molecule has 1 N–H and O–H groups in total. The van der Waals surface area contributed by atoms with Crippen molar-refractivity contribution in [1.82, 2.24) is 14.2 Å². The highest BCUT2D eigenvalue weighted by Crippen LogP contribution is 2.32. The molecule has 32 heavy (non-hydrogen) atoms. The number of amides is 1. The van der Waals surface area contributed by atoms with Crippen molar-refractivity contribution in [3.8, 4) is 0 Å². The zero-order chi connectivity index (χ0) is 22.6. The number of carbonyl (C=O) groups excluding carboxylic acids is 1. The number of hydrogen-bond acceptors (Lipinski definition) is 6. The van der Waals surface area contributed by atoms with E-state index in [0.29, 0.717) is 56.8 Å². The lowest BCUT2D eigenvalue weighted by Crippen LogP contribution is -2.47. The molecule has 0 aliphatic carbocycles. The highest BCUT2D eigenvalue weighted by Gasteiger charge is 2.36. The molecule has 2 fully saturated rings. The summed E-state index contributed by atoms with van der Waals surface area (Å²) in [5.41, 5.74) is -0.177. The van der Waals surface area contributed by atoms with Gasteiger partial charge in [0, 0.05) is 44.1 Å². The fourth-order valence-electron chi connectivity index (χ4n) is 4.31. The van der Waals surface area contributed by atoms with Crippen LogP contribution in [-0.4, -0.2) is 72.5 Å². The van der Waals surface area contributed by atoms with Crippen LogP contribution in [0.5, 0.6) is 0 Å². The van der Waals surface area contributed by atoms with Crippen molar-refractivity contribution < 1.29 is 23.1 Å². The van der Waals surface area contributed by atoms with E-state index in [1.54, 1.807) is 53.7 Å². The molecule has 1 amide bonds. The molecule has 1 aromatic carbocycles. The smallest absolute Gasteiger partial charge is 0.248 e. The van der Waals surface area contributed by atoms with Gasteiger partial charge < -0.3 is 14.7 Å². The molecule has 0 saturated carbocycles. The van der Waals surface area contributed by atoms with Gasteiger partial charge in [0.05, 0.1) is 16.6 Å². The molecule has 8 nitrogen and oxygen atoms in total. The number of rotatable bonds is 6. The average molecular weight is 460 g/mol. The van der Waals surface area contributed by atoms with Crippen molar-refractivity contribution in [3.63, 3.8) is 0 Å². The summed E-state index contributed by atoms with van der Waals surface area (Å²) in [7, 11) is -3.49. The second-order valence-corrected chi connectivity index (χ2v) is 10.3. The Labute approximate surface area is 188 Å². The predicted octanol–water partition coefficient (Wildman–Crippen LogP) is 1.76. The zero-order valence-electron chi connectivity index (χ0n) is 18.0. The molecule has 2 aliphatic rings. The highest BCUT2D eigenvalue weighted by atomic mass is 32.2. The minimum Gasteiger partial charge on any atom is -0.385 e. The van der Waals surface area contributed by atoms with E-state index in [-0.39, 0.29) is 18.6 Å². The van der Waals surface area contributed by atoms with Gasteiger partial charge in [0.15, 0.2) is 0 Å². The Morgan fingerprint density at radius 2 is 1.75 bits per heavy atom.